The Kier molecular flexibility index (Phi) is 6.85. The SMILES string of the molecule is CC(C)N(CCOC(=O)C1(c2ccccc2)CCCCC1)C(C)C. The number of rotatable bonds is 7. The fraction of sp³-hybridized carbons (Fsp3) is 0.667. The molecular weight excluding hydrogens is 298 g/mol. The molecule has 3 heteroatoms. The summed E-state index contributed by atoms with van der Waals surface area (Å²) in [5.74, 6) is -0.0270. The Balaban J connectivity index is 2.04. The van der Waals surface area contributed by atoms with Crippen LogP contribution in [-0.4, -0.2) is 36.1 Å². The molecule has 0 heterocycles. The number of esters is 1. The van der Waals surface area contributed by atoms with E-state index in [1.54, 1.807) is 0 Å². The van der Waals surface area contributed by atoms with Gasteiger partial charge in [-0.25, -0.2) is 0 Å². The van der Waals surface area contributed by atoms with Crippen LogP contribution < -0.4 is 0 Å². The Hall–Kier alpha value is -1.35. The lowest BCUT2D eigenvalue weighted by atomic mass is 9.69. The molecule has 134 valence electrons. The van der Waals surface area contributed by atoms with Crippen LogP contribution in [0.4, 0.5) is 0 Å². The normalized spacial score (nSPS) is 17.5. The molecule has 3 nitrogen and oxygen atoms in total. The number of benzene rings is 1. The minimum Gasteiger partial charge on any atom is -0.464 e. The number of carbonyl (C=O) groups is 1. The van der Waals surface area contributed by atoms with Crippen molar-refractivity contribution in [3.8, 4) is 0 Å². The summed E-state index contributed by atoms with van der Waals surface area (Å²) in [6, 6.07) is 11.1. The third kappa shape index (κ3) is 4.38. The number of ether oxygens (including phenoxy) is 1. The molecule has 1 saturated carbocycles. The van der Waals surface area contributed by atoms with Crippen molar-refractivity contribution in [2.75, 3.05) is 13.2 Å². The Morgan fingerprint density at radius 1 is 1.04 bits per heavy atom. The second-order valence-corrected chi connectivity index (χ2v) is 7.57. The van der Waals surface area contributed by atoms with E-state index >= 15 is 0 Å². The Labute approximate surface area is 147 Å². The molecule has 1 aliphatic rings. The van der Waals surface area contributed by atoms with Gasteiger partial charge >= 0.3 is 5.97 Å². The zero-order valence-corrected chi connectivity index (χ0v) is 15.8. The predicted octanol–water partition coefficient (Wildman–Crippen LogP) is 4.55. The van der Waals surface area contributed by atoms with Crippen molar-refractivity contribution in [3.63, 3.8) is 0 Å². The van der Waals surface area contributed by atoms with Gasteiger partial charge in [-0.05, 0) is 46.1 Å². The van der Waals surface area contributed by atoms with Crippen LogP contribution in [0.2, 0.25) is 0 Å². The van der Waals surface area contributed by atoms with E-state index in [2.05, 4.69) is 44.7 Å². The maximum absolute atomic E-state index is 13.0. The van der Waals surface area contributed by atoms with Gasteiger partial charge in [-0.3, -0.25) is 9.69 Å². The van der Waals surface area contributed by atoms with Crippen LogP contribution in [0.3, 0.4) is 0 Å². The van der Waals surface area contributed by atoms with Crippen molar-refractivity contribution in [3.05, 3.63) is 35.9 Å². The lowest BCUT2D eigenvalue weighted by Crippen LogP contribution is -2.42. The van der Waals surface area contributed by atoms with E-state index in [-0.39, 0.29) is 5.97 Å². The third-order valence-electron chi connectivity index (χ3n) is 5.33. The minimum atomic E-state index is -0.431. The monoisotopic (exact) mass is 331 g/mol. The second-order valence-electron chi connectivity index (χ2n) is 7.57. The van der Waals surface area contributed by atoms with Crippen molar-refractivity contribution < 1.29 is 9.53 Å². The van der Waals surface area contributed by atoms with Crippen LogP contribution in [-0.2, 0) is 14.9 Å². The molecule has 0 saturated heterocycles. The maximum Gasteiger partial charge on any atom is 0.316 e. The van der Waals surface area contributed by atoms with Crippen LogP contribution in [0.25, 0.3) is 0 Å². The van der Waals surface area contributed by atoms with Crippen molar-refractivity contribution in [1.29, 1.82) is 0 Å². The number of carbonyl (C=O) groups excluding carboxylic acids is 1. The molecule has 0 unspecified atom stereocenters. The van der Waals surface area contributed by atoms with Gasteiger partial charge in [0, 0.05) is 18.6 Å². The molecule has 1 aromatic rings. The molecule has 1 aromatic carbocycles. The van der Waals surface area contributed by atoms with Crippen LogP contribution in [0.15, 0.2) is 30.3 Å². The summed E-state index contributed by atoms with van der Waals surface area (Å²) in [5, 5.41) is 0. The summed E-state index contributed by atoms with van der Waals surface area (Å²) in [5.41, 5.74) is 0.694. The molecule has 0 bridgehead atoms. The fourth-order valence-electron chi connectivity index (χ4n) is 4.02. The van der Waals surface area contributed by atoms with E-state index in [1.165, 1.54) is 6.42 Å². The number of hydrogen-bond acceptors (Lipinski definition) is 3. The Bertz CT molecular complexity index is 496. The summed E-state index contributed by atoms with van der Waals surface area (Å²) in [6.07, 6.45) is 5.25. The third-order valence-corrected chi connectivity index (χ3v) is 5.33. The molecule has 0 atom stereocenters. The maximum atomic E-state index is 13.0. The lowest BCUT2D eigenvalue weighted by molar-refractivity contribution is -0.153. The smallest absolute Gasteiger partial charge is 0.316 e. The zero-order valence-electron chi connectivity index (χ0n) is 15.8. The molecule has 24 heavy (non-hydrogen) atoms. The van der Waals surface area contributed by atoms with Gasteiger partial charge in [-0.15, -0.1) is 0 Å². The standard InChI is InChI=1S/C21H33NO2/c1-17(2)22(18(3)4)15-16-24-20(23)21(13-9-6-10-14-21)19-11-7-5-8-12-19/h5,7-8,11-12,17-18H,6,9-10,13-16H2,1-4H3. The minimum absolute atomic E-state index is 0.0270. The summed E-state index contributed by atoms with van der Waals surface area (Å²) in [7, 11) is 0. The summed E-state index contributed by atoms with van der Waals surface area (Å²) >= 11 is 0. The van der Waals surface area contributed by atoms with Gasteiger partial charge in [-0.1, -0.05) is 49.6 Å². The molecule has 0 spiro atoms. The van der Waals surface area contributed by atoms with E-state index in [0.717, 1.165) is 37.8 Å². The van der Waals surface area contributed by atoms with Gasteiger partial charge in [0.05, 0.1) is 5.41 Å². The Morgan fingerprint density at radius 2 is 1.62 bits per heavy atom. The zero-order chi connectivity index (χ0) is 17.6. The van der Waals surface area contributed by atoms with E-state index < -0.39 is 5.41 Å². The highest BCUT2D eigenvalue weighted by Gasteiger charge is 2.42. The van der Waals surface area contributed by atoms with Gasteiger partial charge in [-0.2, -0.15) is 0 Å². The molecule has 1 fully saturated rings. The van der Waals surface area contributed by atoms with Crippen molar-refractivity contribution in [2.24, 2.45) is 0 Å². The average molecular weight is 332 g/mol. The molecule has 0 aliphatic heterocycles. The highest BCUT2D eigenvalue weighted by Crippen LogP contribution is 2.40. The molecular formula is C21H33NO2. The fourth-order valence-corrected chi connectivity index (χ4v) is 4.02. The first-order chi connectivity index (χ1) is 11.5. The summed E-state index contributed by atoms with van der Waals surface area (Å²) in [6.45, 7) is 10.0. The van der Waals surface area contributed by atoms with Gasteiger partial charge in [0.15, 0.2) is 0 Å². The molecule has 2 rings (SSSR count). The van der Waals surface area contributed by atoms with Gasteiger partial charge in [0.2, 0.25) is 0 Å². The van der Waals surface area contributed by atoms with Gasteiger partial charge < -0.3 is 4.74 Å². The van der Waals surface area contributed by atoms with Gasteiger partial charge in [0.1, 0.15) is 6.61 Å². The molecule has 0 radical (unpaired) electrons. The average Bonchev–Trinajstić information content (AvgIpc) is 2.59. The predicted molar refractivity (Wildman–Crippen MR) is 99.1 cm³/mol. The second kappa shape index (κ2) is 8.66. The highest BCUT2D eigenvalue weighted by atomic mass is 16.5. The highest BCUT2D eigenvalue weighted by molar-refractivity contribution is 5.83. The van der Waals surface area contributed by atoms with E-state index in [1.807, 2.05) is 18.2 Å². The lowest BCUT2D eigenvalue weighted by Gasteiger charge is -2.36. The summed E-state index contributed by atoms with van der Waals surface area (Å²) in [4.78, 5) is 15.4. The van der Waals surface area contributed by atoms with Crippen LogP contribution in [0, 0.1) is 0 Å². The first-order valence-corrected chi connectivity index (χ1v) is 9.46. The number of nitrogens with zero attached hydrogens (tertiary/aromatic N) is 1. The van der Waals surface area contributed by atoms with Crippen LogP contribution >= 0.6 is 0 Å². The first kappa shape index (κ1) is 19.0. The Morgan fingerprint density at radius 3 is 2.17 bits per heavy atom. The van der Waals surface area contributed by atoms with Crippen LogP contribution in [0.1, 0.15) is 65.4 Å². The first-order valence-electron chi connectivity index (χ1n) is 9.46. The molecule has 0 aromatic heterocycles. The van der Waals surface area contributed by atoms with E-state index in [4.69, 9.17) is 4.74 Å². The van der Waals surface area contributed by atoms with Crippen molar-refractivity contribution in [1.82, 2.24) is 4.90 Å². The largest absolute Gasteiger partial charge is 0.464 e. The summed E-state index contributed by atoms with van der Waals surface area (Å²) < 4.78 is 5.79. The van der Waals surface area contributed by atoms with Crippen LogP contribution in [0.5, 0.6) is 0 Å². The van der Waals surface area contributed by atoms with E-state index in [0.29, 0.717) is 18.7 Å². The molecule has 0 amide bonds. The van der Waals surface area contributed by atoms with Gasteiger partial charge in [0.25, 0.3) is 0 Å². The number of hydrogen-bond donors (Lipinski definition) is 0. The quantitative estimate of drug-likeness (QED) is 0.686. The van der Waals surface area contributed by atoms with Crippen molar-refractivity contribution in [2.45, 2.75) is 77.3 Å². The molecule has 0 N–H and O–H groups in total. The topological polar surface area (TPSA) is 29.5 Å². The molecule has 1 aliphatic carbocycles. The van der Waals surface area contributed by atoms with E-state index in [9.17, 15) is 4.79 Å². The van der Waals surface area contributed by atoms with Crippen molar-refractivity contribution >= 4 is 5.97 Å².